The van der Waals surface area contributed by atoms with E-state index in [1.807, 2.05) is 6.07 Å². The highest BCUT2D eigenvalue weighted by atomic mass is 79.9. The van der Waals surface area contributed by atoms with E-state index in [1.165, 1.54) is 0 Å². The van der Waals surface area contributed by atoms with Gasteiger partial charge in [-0.3, -0.25) is 4.79 Å². The molecule has 98 valence electrons. The molecule has 2 rings (SSSR count). The second kappa shape index (κ2) is 5.71. The molecule has 1 saturated carbocycles. The molecule has 5 heteroatoms. The van der Waals surface area contributed by atoms with Gasteiger partial charge in [0.1, 0.15) is 5.75 Å². The number of carbonyl (C=O) groups is 1. The minimum atomic E-state index is -0.473. The number of nitrogens with two attached hydrogens (primary N) is 2. The molecule has 1 aromatic carbocycles. The lowest BCUT2D eigenvalue weighted by molar-refractivity contribution is 0.0986. The maximum Gasteiger partial charge on any atom is 0.252 e. The summed E-state index contributed by atoms with van der Waals surface area (Å²) in [5.41, 5.74) is 11.6. The van der Waals surface area contributed by atoms with Crippen LogP contribution in [-0.4, -0.2) is 18.1 Å². The number of amides is 1. The second-order valence-corrected chi connectivity index (χ2v) is 5.58. The number of rotatable bonds is 3. The molecule has 18 heavy (non-hydrogen) atoms. The Morgan fingerprint density at radius 1 is 1.28 bits per heavy atom. The van der Waals surface area contributed by atoms with E-state index in [-0.39, 0.29) is 12.1 Å². The summed E-state index contributed by atoms with van der Waals surface area (Å²) in [5, 5.41) is 0. The van der Waals surface area contributed by atoms with Crippen molar-refractivity contribution in [3.05, 3.63) is 28.2 Å². The van der Waals surface area contributed by atoms with Gasteiger partial charge >= 0.3 is 0 Å². The Labute approximate surface area is 115 Å². The average molecular weight is 313 g/mol. The van der Waals surface area contributed by atoms with Crippen LogP contribution in [0.25, 0.3) is 0 Å². The molecule has 0 unspecified atom stereocenters. The summed E-state index contributed by atoms with van der Waals surface area (Å²) in [5.74, 6) is 0.0879. The fraction of sp³-hybridized carbons (Fsp3) is 0.462. The quantitative estimate of drug-likeness (QED) is 0.898. The maximum absolute atomic E-state index is 11.4. The van der Waals surface area contributed by atoms with E-state index in [9.17, 15) is 4.79 Å². The molecule has 0 saturated heterocycles. The lowest BCUT2D eigenvalue weighted by Gasteiger charge is -2.27. The Bertz CT molecular complexity index is 443. The van der Waals surface area contributed by atoms with E-state index < -0.39 is 5.91 Å². The van der Waals surface area contributed by atoms with Crippen molar-refractivity contribution in [2.75, 3.05) is 0 Å². The van der Waals surface area contributed by atoms with Gasteiger partial charge in [0.25, 0.3) is 5.91 Å². The first-order valence-corrected chi connectivity index (χ1v) is 6.87. The Kier molecular flexibility index (Phi) is 4.24. The lowest BCUT2D eigenvalue weighted by Crippen LogP contribution is -2.32. The zero-order valence-electron chi connectivity index (χ0n) is 10.1. The van der Waals surface area contributed by atoms with Gasteiger partial charge in [0, 0.05) is 10.5 Å². The van der Waals surface area contributed by atoms with Crippen molar-refractivity contribution in [1.29, 1.82) is 0 Å². The van der Waals surface area contributed by atoms with Crippen molar-refractivity contribution in [3.8, 4) is 5.75 Å². The van der Waals surface area contributed by atoms with Crippen LogP contribution in [0.2, 0.25) is 0 Å². The molecule has 4 nitrogen and oxygen atoms in total. The van der Waals surface area contributed by atoms with Gasteiger partial charge in [-0.15, -0.1) is 0 Å². The number of hydrogen-bond donors (Lipinski definition) is 2. The molecule has 0 aromatic heterocycles. The van der Waals surface area contributed by atoms with Crippen LogP contribution in [0, 0.1) is 0 Å². The monoisotopic (exact) mass is 312 g/mol. The first-order chi connectivity index (χ1) is 8.56. The minimum absolute atomic E-state index is 0.129. The summed E-state index contributed by atoms with van der Waals surface area (Å²) in [6, 6.07) is 5.59. The highest BCUT2D eigenvalue weighted by Crippen LogP contribution is 2.27. The first kappa shape index (κ1) is 13.4. The van der Waals surface area contributed by atoms with Crippen molar-refractivity contribution < 1.29 is 9.53 Å². The van der Waals surface area contributed by atoms with Crippen LogP contribution in [0.3, 0.4) is 0 Å². The standard InChI is InChI=1S/C13H17BrN2O2/c14-8-1-6-12(11(7-8)13(16)17)18-10-4-2-9(15)3-5-10/h1,6-7,9-10H,2-5,15H2,(H2,16,17). The third-order valence-electron chi connectivity index (χ3n) is 3.22. The Morgan fingerprint density at radius 2 is 1.94 bits per heavy atom. The Hall–Kier alpha value is -1.07. The molecule has 0 atom stereocenters. The third kappa shape index (κ3) is 3.23. The fourth-order valence-corrected chi connectivity index (χ4v) is 2.54. The predicted molar refractivity (Wildman–Crippen MR) is 73.5 cm³/mol. The van der Waals surface area contributed by atoms with Gasteiger partial charge in [-0.25, -0.2) is 0 Å². The van der Waals surface area contributed by atoms with Crippen molar-refractivity contribution in [2.45, 2.75) is 37.8 Å². The summed E-state index contributed by atoms with van der Waals surface area (Å²) in [4.78, 5) is 11.4. The Morgan fingerprint density at radius 3 is 2.56 bits per heavy atom. The topological polar surface area (TPSA) is 78.3 Å². The van der Waals surface area contributed by atoms with Gasteiger partial charge in [-0.1, -0.05) is 15.9 Å². The number of ether oxygens (including phenoxy) is 1. The Balaban J connectivity index is 2.11. The van der Waals surface area contributed by atoms with E-state index in [0.717, 1.165) is 30.2 Å². The maximum atomic E-state index is 11.4. The van der Waals surface area contributed by atoms with Gasteiger partial charge in [0.05, 0.1) is 11.7 Å². The van der Waals surface area contributed by atoms with Gasteiger partial charge in [-0.05, 0) is 43.9 Å². The van der Waals surface area contributed by atoms with Crippen molar-refractivity contribution in [3.63, 3.8) is 0 Å². The molecule has 1 amide bonds. The summed E-state index contributed by atoms with van der Waals surface area (Å²) >= 11 is 3.32. The lowest BCUT2D eigenvalue weighted by atomic mass is 9.93. The molecule has 4 N–H and O–H groups in total. The second-order valence-electron chi connectivity index (χ2n) is 4.66. The van der Waals surface area contributed by atoms with Crippen LogP contribution >= 0.6 is 15.9 Å². The number of hydrogen-bond acceptors (Lipinski definition) is 3. The van der Waals surface area contributed by atoms with Crippen LogP contribution in [0.1, 0.15) is 36.0 Å². The number of primary amides is 1. The van der Waals surface area contributed by atoms with Crippen molar-refractivity contribution in [2.24, 2.45) is 11.5 Å². The van der Waals surface area contributed by atoms with E-state index in [2.05, 4.69) is 15.9 Å². The van der Waals surface area contributed by atoms with Gasteiger partial charge < -0.3 is 16.2 Å². The first-order valence-electron chi connectivity index (χ1n) is 6.08. The van der Waals surface area contributed by atoms with Crippen molar-refractivity contribution in [1.82, 2.24) is 0 Å². The summed E-state index contributed by atoms with van der Waals surface area (Å²) in [6.07, 6.45) is 3.91. The summed E-state index contributed by atoms with van der Waals surface area (Å²) < 4.78 is 6.69. The van der Waals surface area contributed by atoms with Crippen LogP contribution in [0.15, 0.2) is 22.7 Å². The minimum Gasteiger partial charge on any atom is -0.490 e. The highest BCUT2D eigenvalue weighted by molar-refractivity contribution is 9.10. The van der Waals surface area contributed by atoms with Crippen LogP contribution in [0.5, 0.6) is 5.75 Å². The number of benzene rings is 1. The SMILES string of the molecule is NC(=O)c1cc(Br)ccc1OC1CCC(N)CC1. The van der Waals surface area contributed by atoms with Gasteiger partial charge in [0.15, 0.2) is 0 Å². The smallest absolute Gasteiger partial charge is 0.252 e. The highest BCUT2D eigenvalue weighted by Gasteiger charge is 2.21. The van der Waals surface area contributed by atoms with Crippen LogP contribution in [-0.2, 0) is 0 Å². The molecule has 1 aliphatic carbocycles. The van der Waals surface area contributed by atoms with Crippen LogP contribution in [0.4, 0.5) is 0 Å². The summed E-state index contributed by atoms with van der Waals surface area (Å²) in [7, 11) is 0. The average Bonchev–Trinajstić information content (AvgIpc) is 2.34. The molecular weight excluding hydrogens is 296 g/mol. The van der Waals surface area contributed by atoms with E-state index >= 15 is 0 Å². The van der Waals surface area contributed by atoms with E-state index in [0.29, 0.717) is 11.3 Å². The fourth-order valence-electron chi connectivity index (χ4n) is 2.18. The number of halogens is 1. The molecule has 1 aliphatic rings. The van der Waals surface area contributed by atoms with Gasteiger partial charge in [-0.2, -0.15) is 0 Å². The molecule has 1 fully saturated rings. The van der Waals surface area contributed by atoms with Gasteiger partial charge in [0.2, 0.25) is 0 Å². The van der Waals surface area contributed by atoms with E-state index in [4.69, 9.17) is 16.2 Å². The number of carbonyl (C=O) groups excluding carboxylic acids is 1. The molecule has 0 radical (unpaired) electrons. The molecule has 0 bridgehead atoms. The summed E-state index contributed by atoms with van der Waals surface area (Å²) in [6.45, 7) is 0. The zero-order valence-corrected chi connectivity index (χ0v) is 11.7. The largest absolute Gasteiger partial charge is 0.490 e. The predicted octanol–water partition coefficient (Wildman–Crippen LogP) is 2.20. The van der Waals surface area contributed by atoms with Crippen LogP contribution < -0.4 is 16.2 Å². The molecule has 0 aliphatic heterocycles. The molecule has 0 heterocycles. The third-order valence-corrected chi connectivity index (χ3v) is 3.71. The van der Waals surface area contributed by atoms with E-state index in [1.54, 1.807) is 12.1 Å². The molecule has 0 spiro atoms. The molecular formula is C13H17BrN2O2. The normalized spacial score (nSPS) is 23.7. The molecule has 1 aromatic rings. The van der Waals surface area contributed by atoms with Crippen molar-refractivity contribution >= 4 is 21.8 Å². The zero-order chi connectivity index (χ0) is 13.1.